The summed E-state index contributed by atoms with van der Waals surface area (Å²) >= 11 is 5.80. The Hall–Kier alpha value is -2.73. The first-order valence-corrected chi connectivity index (χ1v) is 8.82. The molecular weight excluding hydrogens is 354 g/mol. The molecule has 0 radical (unpaired) electrons. The second-order valence-corrected chi connectivity index (χ2v) is 6.46. The highest BCUT2D eigenvalue weighted by atomic mass is 35.5. The molecule has 0 unspecified atom stereocenters. The zero-order valence-electron chi connectivity index (χ0n) is 14.1. The third-order valence-electron chi connectivity index (χ3n) is 3.81. The number of halogens is 1. The Bertz CT molecular complexity index is 776. The molecule has 0 spiro atoms. The van der Waals surface area contributed by atoms with Gasteiger partial charge in [0.05, 0.1) is 6.54 Å². The molecule has 6 nitrogen and oxygen atoms in total. The average Bonchev–Trinajstić information content (AvgIpc) is 3.46. The van der Waals surface area contributed by atoms with E-state index in [2.05, 4.69) is 16.0 Å². The van der Waals surface area contributed by atoms with Crippen molar-refractivity contribution in [1.29, 1.82) is 0 Å². The number of carbonyl (C=O) groups excluding carboxylic acids is 2. The fourth-order valence-electron chi connectivity index (χ4n) is 2.30. The molecule has 1 fully saturated rings. The summed E-state index contributed by atoms with van der Waals surface area (Å²) in [6.45, 7) is 0.694. The number of benzene rings is 2. The Morgan fingerprint density at radius 1 is 1.04 bits per heavy atom. The normalized spacial score (nSPS) is 13.0. The van der Waals surface area contributed by atoms with Gasteiger partial charge in [-0.2, -0.15) is 0 Å². The Labute approximate surface area is 156 Å². The summed E-state index contributed by atoms with van der Waals surface area (Å²) in [4.78, 5) is 23.7. The molecule has 2 aromatic carbocycles. The fraction of sp³-hybridized carbons (Fsp3) is 0.263. The van der Waals surface area contributed by atoms with Crippen LogP contribution in [0.5, 0.6) is 5.75 Å². The van der Waals surface area contributed by atoms with Gasteiger partial charge in [-0.1, -0.05) is 17.7 Å². The summed E-state index contributed by atoms with van der Waals surface area (Å²) in [5.41, 5.74) is 1.28. The van der Waals surface area contributed by atoms with E-state index in [1.54, 1.807) is 48.5 Å². The largest absolute Gasteiger partial charge is 0.492 e. The van der Waals surface area contributed by atoms with Crippen LogP contribution < -0.4 is 20.7 Å². The van der Waals surface area contributed by atoms with Crippen LogP contribution in [-0.2, 0) is 4.79 Å². The predicted molar refractivity (Wildman–Crippen MR) is 102 cm³/mol. The molecule has 136 valence electrons. The molecule has 0 aliphatic heterocycles. The maximum Gasteiger partial charge on any atom is 0.319 e. The highest BCUT2D eigenvalue weighted by Crippen LogP contribution is 2.30. The van der Waals surface area contributed by atoms with Crippen molar-refractivity contribution in [3.63, 3.8) is 0 Å². The van der Waals surface area contributed by atoms with E-state index in [0.29, 0.717) is 35.3 Å². The Morgan fingerprint density at radius 2 is 1.73 bits per heavy atom. The van der Waals surface area contributed by atoms with Crippen molar-refractivity contribution in [2.45, 2.75) is 12.8 Å². The molecule has 0 bridgehead atoms. The summed E-state index contributed by atoms with van der Waals surface area (Å²) in [6.07, 6.45) is 1.90. The summed E-state index contributed by atoms with van der Waals surface area (Å²) in [5.74, 6) is 0.859. The van der Waals surface area contributed by atoms with Crippen molar-refractivity contribution < 1.29 is 14.3 Å². The molecule has 1 saturated carbocycles. The van der Waals surface area contributed by atoms with Crippen molar-refractivity contribution in [1.82, 2.24) is 5.32 Å². The smallest absolute Gasteiger partial charge is 0.319 e. The van der Waals surface area contributed by atoms with Gasteiger partial charge in [0.15, 0.2) is 0 Å². The topological polar surface area (TPSA) is 79.5 Å². The van der Waals surface area contributed by atoms with Crippen molar-refractivity contribution >= 4 is 34.9 Å². The number of anilines is 2. The molecule has 3 N–H and O–H groups in total. The summed E-state index contributed by atoms with van der Waals surface area (Å²) < 4.78 is 5.50. The number of urea groups is 1. The molecule has 0 atom stereocenters. The minimum Gasteiger partial charge on any atom is -0.492 e. The van der Waals surface area contributed by atoms with E-state index in [1.165, 1.54) is 0 Å². The van der Waals surface area contributed by atoms with Gasteiger partial charge < -0.3 is 20.7 Å². The second-order valence-electron chi connectivity index (χ2n) is 6.03. The summed E-state index contributed by atoms with van der Waals surface area (Å²) in [7, 11) is 0. The molecule has 1 aliphatic carbocycles. The van der Waals surface area contributed by atoms with Gasteiger partial charge in [-0.3, -0.25) is 4.79 Å². The predicted octanol–water partition coefficient (Wildman–Crippen LogP) is 3.89. The van der Waals surface area contributed by atoms with Gasteiger partial charge in [0.1, 0.15) is 12.4 Å². The highest BCUT2D eigenvalue weighted by molar-refractivity contribution is 6.30. The van der Waals surface area contributed by atoms with Crippen LogP contribution >= 0.6 is 11.6 Å². The van der Waals surface area contributed by atoms with Crippen LogP contribution in [0.4, 0.5) is 16.2 Å². The Kier molecular flexibility index (Phi) is 5.96. The lowest BCUT2D eigenvalue weighted by molar-refractivity contribution is -0.117. The first-order chi connectivity index (χ1) is 12.6. The minimum absolute atomic E-state index is 0.0333. The molecule has 2 aromatic rings. The lowest BCUT2D eigenvalue weighted by Gasteiger charge is -2.10. The molecule has 0 heterocycles. The number of hydrogen-bond acceptors (Lipinski definition) is 3. The van der Waals surface area contributed by atoms with Gasteiger partial charge in [0.2, 0.25) is 5.91 Å². The van der Waals surface area contributed by atoms with Gasteiger partial charge in [-0.15, -0.1) is 0 Å². The SMILES string of the molecule is O=C(NCCOc1ccc(Cl)cc1)Nc1cccc(NC(=O)C2CC2)c1. The number of rotatable bonds is 7. The van der Waals surface area contributed by atoms with Gasteiger partial charge >= 0.3 is 6.03 Å². The number of carbonyl (C=O) groups is 2. The van der Waals surface area contributed by atoms with Gasteiger partial charge in [0, 0.05) is 22.3 Å². The van der Waals surface area contributed by atoms with E-state index in [0.717, 1.165) is 12.8 Å². The van der Waals surface area contributed by atoms with E-state index >= 15 is 0 Å². The van der Waals surface area contributed by atoms with E-state index in [1.807, 2.05) is 0 Å². The molecule has 3 amide bonds. The van der Waals surface area contributed by atoms with E-state index in [-0.39, 0.29) is 17.9 Å². The number of amides is 3. The molecule has 3 rings (SSSR count). The van der Waals surface area contributed by atoms with Crippen LogP contribution in [0.2, 0.25) is 5.02 Å². The number of ether oxygens (including phenoxy) is 1. The molecule has 26 heavy (non-hydrogen) atoms. The molecule has 0 aromatic heterocycles. The maximum absolute atomic E-state index is 11.9. The Morgan fingerprint density at radius 3 is 2.42 bits per heavy atom. The second kappa shape index (κ2) is 8.58. The lowest BCUT2D eigenvalue weighted by Crippen LogP contribution is -2.32. The molecule has 0 saturated heterocycles. The zero-order valence-corrected chi connectivity index (χ0v) is 14.9. The first-order valence-electron chi connectivity index (χ1n) is 8.44. The quantitative estimate of drug-likeness (QED) is 0.644. The van der Waals surface area contributed by atoms with E-state index < -0.39 is 0 Å². The van der Waals surface area contributed by atoms with Crippen molar-refractivity contribution in [3.05, 3.63) is 53.6 Å². The lowest BCUT2D eigenvalue weighted by atomic mass is 10.2. The zero-order chi connectivity index (χ0) is 18.4. The minimum atomic E-state index is -0.338. The van der Waals surface area contributed by atoms with Crippen molar-refractivity contribution in [2.24, 2.45) is 5.92 Å². The number of nitrogens with one attached hydrogen (secondary N) is 3. The summed E-state index contributed by atoms with van der Waals surface area (Å²) in [5, 5.41) is 8.94. The van der Waals surface area contributed by atoms with Crippen LogP contribution in [-0.4, -0.2) is 25.1 Å². The standard InChI is InChI=1S/C19H20ClN3O3/c20-14-6-8-17(9-7-14)26-11-10-21-19(25)23-16-3-1-2-15(12-16)22-18(24)13-4-5-13/h1-3,6-9,12-13H,4-5,10-11H2,(H,22,24)(H2,21,23,25). The van der Waals surface area contributed by atoms with Crippen LogP contribution in [0.3, 0.4) is 0 Å². The van der Waals surface area contributed by atoms with Gasteiger partial charge in [-0.05, 0) is 55.3 Å². The number of hydrogen-bond donors (Lipinski definition) is 3. The third-order valence-corrected chi connectivity index (χ3v) is 4.06. The molecular formula is C19H20ClN3O3. The van der Waals surface area contributed by atoms with Crippen molar-refractivity contribution in [3.8, 4) is 5.75 Å². The fourth-order valence-corrected chi connectivity index (χ4v) is 2.43. The first kappa shape index (κ1) is 18.1. The van der Waals surface area contributed by atoms with Crippen molar-refractivity contribution in [2.75, 3.05) is 23.8 Å². The van der Waals surface area contributed by atoms with Gasteiger partial charge in [-0.25, -0.2) is 4.79 Å². The van der Waals surface area contributed by atoms with Crippen LogP contribution in [0.25, 0.3) is 0 Å². The Balaban J connectivity index is 1.40. The van der Waals surface area contributed by atoms with Crippen LogP contribution in [0.1, 0.15) is 12.8 Å². The summed E-state index contributed by atoms with van der Waals surface area (Å²) in [6, 6.07) is 13.7. The van der Waals surface area contributed by atoms with Crippen LogP contribution in [0, 0.1) is 5.92 Å². The van der Waals surface area contributed by atoms with Gasteiger partial charge in [0.25, 0.3) is 0 Å². The van der Waals surface area contributed by atoms with Crippen LogP contribution in [0.15, 0.2) is 48.5 Å². The molecule has 7 heteroatoms. The monoisotopic (exact) mass is 373 g/mol. The van der Waals surface area contributed by atoms with E-state index in [4.69, 9.17) is 16.3 Å². The third kappa shape index (κ3) is 5.67. The van der Waals surface area contributed by atoms with E-state index in [9.17, 15) is 9.59 Å². The average molecular weight is 374 g/mol. The maximum atomic E-state index is 11.9. The highest BCUT2D eigenvalue weighted by Gasteiger charge is 2.29. The molecule has 1 aliphatic rings.